The van der Waals surface area contributed by atoms with Crippen LogP contribution in [0.25, 0.3) is 0 Å². The molecule has 0 aliphatic carbocycles. The molecule has 1 aliphatic heterocycles. The van der Waals surface area contributed by atoms with Crippen molar-refractivity contribution < 1.29 is 22.8 Å². The Hall–Kier alpha value is -3.20. The van der Waals surface area contributed by atoms with Crippen LogP contribution in [0.3, 0.4) is 0 Å². The molecule has 2 aromatic rings. The number of hydrogen-bond acceptors (Lipinski definition) is 5. The van der Waals surface area contributed by atoms with E-state index in [0.717, 1.165) is 15.4 Å². The maximum absolute atomic E-state index is 13.3. The van der Waals surface area contributed by atoms with Crippen LogP contribution < -0.4 is 5.32 Å². The van der Waals surface area contributed by atoms with E-state index in [1.54, 1.807) is 19.1 Å². The highest BCUT2D eigenvalue weighted by atomic mass is 32.2. The number of hydrogen-bond donors (Lipinski definition) is 1. The van der Waals surface area contributed by atoms with Crippen LogP contribution in [0.15, 0.2) is 53.4 Å². The number of amides is 3. The van der Waals surface area contributed by atoms with Gasteiger partial charge in [0.25, 0.3) is 15.9 Å². The van der Waals surface area contributed by atoms with E-state index in [-0.39, 0.29) is 35.9 Å². The first-order valence-corrected chi connectivity index (χ1v) is 12.6. The number of carbonyl (C=O) groups excluding carboxylic acids is 3. The van der Waals surface area contributed by atoms with E-state index in [9.17, 15) is 22.8 Å². The highest BCUT2D eigenvalue weighted by Gasteiger charge is 2.41. The molecule has 0 unspecified atom stereocenters. The van der Waals surface area contributed by atoms with Crippen molar-refractivity contribution in [1.82, 2.24) is 14.5 Å². The van der Waals surface area contributed by atoms with Gasteiger partial charge >= 0.3 is 0 Å². The van der Waals surface area contributed by atoms with Crippen molar-refractivity contribution in [2.75, 3.05) is 6.54 Å². The van der Waals surface area contributed by atoms with Crippen molar-refractivity contribution in [2.45, 2.75) is 64.1 Å². The number of carbonyl (C=O) groups is 3. The lowest BCUT2D eigenvalue weighted by molar-refractivity contribution is -0.141. The minimum Gasteiger partial charge on any atom is -0.350 e. The summed E-state index contributed by atoms with van der Waals surface area (Å²) >= 11 is 0. The summed E-state index contributed by atoms with van der Waals surface area (Å²) in [6.07, 6.45) is -0.238. The maximum atomic E-state index is 13.3. The van der Waals surface area contributed by atoms with E-state index in [1.807, 2.05) is 52.0 Å². The molecular weight excluding hydrogens is 454 g/mol. The van der Waals surface area contributed by atoms with Gasteiger partial charge in [-0.25, -0.2) is 12.7 Å². The van der Waals surface area contributed by atoms with E-state index >= 15 is 0 Å². The van der Waals surface area contributed by atoms with Crippen LogP contribution in [0.5, 0.6) is 0 Å². The van der Waals surface area contributed by atoms with Crippen molar-refractivity contribution in [1.29, 1.82) is 0 Å². The van der Waals surface area contributed by atoms with E-state index in [2.05, 4.69) is 5.32 Å². The zero-order valence-electron chi connectivity index (χ0n) is 20.2. The second kappa shape index (κ2) is 9.58. The van der Waals surface area contributed by atoms with Crippen molar-refractivity contribution >= 4 is 27.7 Å². The normalized spacial score (nSPS) is 15.6. The summed E-state index contributed by atoms with van der Waals surface area (Å²) in [7, 11) is -4.01. The number of aryl methyl sites for hydroxylation is 1. The number of sulfonamides is 1. The maximum Gasteiger partial charge on any atom is 0.269 e. The van der Waals surface area contributed by atoms with Gasteiger partial charge in [0.15, 0.2) is 0 Å². The largest absolute Gasteiger partial charge is 0.350 e. The number of fused-ring (bicyclic) bond motifs is 1. The van der Waals surface area contributed by atoms with Crippen LogP contribution in [-0.2, 0) is 26.2 Å². The number of rotatable bonds is 7. The molecule has 3 rings (SSSR count). The minimum absolute atomic E-state index is 0.0537. The Balaban J connectivity index is 1.81. The zero-order valence-corrected chi connectivity index (χ0v) is 21.0. The molecule has 0 fully saturated rings. The van der Waals surface area contributed by atoms with Crippen LogP contribution in [0.1, 0.15) is 55.6 Å². The molecule has 0 bridgehead atoms. The van der Waals surface area contributed by atoms with Crippen LogP contribution in [0, 0.1) is 6.92 Å². The molecule has 8 nitrogen and oxygen atoms in total. The number of benzene rings is 2. The predicted octanol–water partition coefficient (Wildman–Crippen LogP) is 2.86. The van der Waals surface area contributed by atoms with Gasteiger partial charge in [0.05, 0.1) is 5.56 Å². The van der Waals surface area contributed by atoms with Crippen LogP contribution in [0.4, 0.5) is 0 Å². The van der Waals surface area contributed by atoms with Crippen LogP contribution >= 0.6 is 0 Å². The van der Waals surface area contributed by atoms with Gasteiger partial charge in [-0.05, 0) is 52.3 Å². The molecule has 1 aliphatic rings. The third-order valence-electron chi connectivity index (χ3n) is 5.54. The van der Waals surface area contributed by atoms with Gasteiger partial charge in [-0.3, -0.25) is 14.4 Å². The summed E-state index contributed by atoms with van der Waals surface area (Å²) in [6.45, 7) is 9.02. The third-order valence-corrected chi connectivity index (χ3v) is 7.38. The Kier molecular flexibility index (Phi) is 7.16. The number of nitrogens with one attached hydrogen (secondary N) is 1. The molecule has 0 saturated carbocycles. The van der Waals surface area contributed by atoms with Gasteiger partial charge < -0.3 is 10.2 Å². The van der Waals surface area contributed by atoms with Crippen LogP contribution in [-0.4, -0.2) is 53.5 Å². The van der Waals surface area contributed by atoms with Crippen molar-refractivity contribution in [3.63, 3.8) is 0 Å². The summed E-state index contributed by atoms with van der Waals surface area (Å²) in [5, 5.41) is 2.89. The first-order chi connectivity index (χ1) is 15.8. The second-order valence-corrected chi connectivity index (χ2v) is 11.4. The lowest BCUT2D eigenvalue weighted by Crippen LogP contribution is -2.52. The summed E-state index contributed by atoms with van der Waals surface area (Å²) < 4.78 is 26.4. The lowest BCUT2D eigenvalue weighted by atomic mass is 10.1. The molecule has 1 N–H and O–H groups in total. The molecule has 182 valence electrons. The Morgan fingerprint density at radius 1 is 1.09 bits per heavy atom. The first kappa shape index (κ1) is 25.4. The van der Waals surface area contributed by atoms with Gasteiger partial charge in [0.2, 0.25) is 11.8 Å². The smallest absolute Gasteiger partial charge is 0.269 e. The van der Waals surface area contributed by atoms with E-state index in [1.165, 1.54) is 17.0 Å². The molecule has 0 saturated heterocycles. The van der Waals surface area contributed by atoms with Gasteiger partial charge in [-0.1, -0.05) is 42.0 Å². The molecule has 0 radical (unpaired) electrons. The van der Waals surface area contributed by atoms with Crippen LogP contribution in [0.2, 0.25) is 0 Å². The van der Waals surface area contributed by atoms with Crippen molar-refractivity contribution in [2.24, 2.45) is 0 Å². The average Bonchev–Trinajstić information content (AvgIpc) is 2.94. The Morgan fingerprint density at radius 3 is 2.38 bits per heavy atom. The van der Waals surface area contributed by atoms with Gasteiger partial charge in [-0.15, -0.1) is 0 Å². The molecule has 1 heterocycles. The Bertz CT molecular complexity index is 1220. The highest BCUT2D eigenvalue weighted by molar-refractivity contribution is 7.90. The lowest BCUT2D eigenvalue weighted by Gasteiger charge is -2.32. The average molecular weight is 486 g/mol. The van der Waals surface area contributed by atoms with Gasteiger partial charge in [-0.2, -0.15) is 0 Å². The SMILES string of the molecule is Cc1cccc(CN(C(=O)CCN2C(=O)c3ccccc3S2(=O)=O)[C@H](C)C(=O)NC(C)(C)C)c1. The predicted molar refractivity (Wildman–Crippen MR) is 128 cm³/mol. The third kappa shape index (κ3) is 5.47. The zero-order chi connectivity index (χ0) is 25.3. The molecule has 1 atom stereocenters. The van der Waals surface area contributed by atoms with Crippen molar-refractivity contribution in [3.05, 3.63) is 65.2 Å². The van der Waals surface area contributed by atoms with E-state index < -0.39 is 33.4 Å². The fourth-order valence-electron chi connectivity index (χ4n) is 3.86. The van der Waals surface area contributed by atoms with Gasteiger partial charge in [0.1, 0.15) is 10.9 Å². The van der Waals surface area contributed by atoms with E-state index in [4.69, 9.17) is 0 Å². The summed E-state index contributed by atoms with van der Waals surface area (Å²) in [4.78, 5) is 40.2. The Morgan fingerprint density at radius 2 is 1.76 bits per heavy atom. The first-order valence-electron chi connectivity index (χ1n) is 11.1. The molecule has 9 heteroatoms. The number of nitrogens with zero attached hydrogens (tertiary/aromatic N) is 2. The van der Waals surface area contributed by atoms with Gasteiger partial charge in [0, 0.05) is 25.0 Å². The minimum atomic E-state index is -4.01. The standard InChI is InChI=1S/C25H31N3O5S/c1-17-9-8-10-19(15-17)16-27(18(2)23(30)26-25(3,4)5)22(29)13-14-28-24(31)20-11-6-7-12-21(20)34(28,32)33/h6-12,15,18H,13-14,16H2,1-5H3,(H,26,30)/t18-/m1/s1. The highest BCUT2D eigenvalue weighted by Crippen LogP contribution is 2.30. The quantitative estimate of drug-likeness (QED) is 0.650. The second-order valence-electron chi connectivity index (χ2n) is 9.55. The fraction of sp³-hybridized carbons (Fsp3) is 0.400. The molecule has 0 aromatic heterocycles. The monoisotopic (exact) mass is 485 g/mol. The molecule has 34 heavy (non-hydrogen) atoms. The summed E-state index contributed by atoms with van der Waals surface area (Å²) in [6, 6.07) is 12.8. The molecule has 2 aromatic carbocycles. The summed E-state index contributed by atoms with van der Waals surface area (Å²) in [5.41, 5.74) is 1.49. The van der Waals surface area contributed by atoms with Crippen molar-refractivity contribution in [3.8, 4) is 0 Å². The molecule has 0 spiro atoms. The Labute approximate surface area is 201 Å². The van der Waals surface area contributed by atoms with E-state index in [0.29, 0.717) is 0 Å². The molecule has 3 amide bonds. The molecular formula is C25H31N3O5S. The topological polar surface area (TPSA) is 104 Å². The summed E-state index contributed by atoms with van der Waals surface area (Å²) in [5.74, 6) is -1.38. The fourth-order valence-corrected chi connectivity index (χ4v) is 5.43.